The highest BCUT2D eigenvalue weighted by Gasteiger charge is 2.25. The number of carbonyl (C=O) groups excluding carboxylic acids is 1. The molecule has 3 nitrogen and oxygen atoms in total. The van der Waals surface area contributed by atoms with Crippen LogP contribution in [0.3, 0.4) is 0 Å². The van der Waals surface area contributed by atoms with Crippen LogP contribution >= 0.6 is 23.2 Å². The number of amides is 1. The molecule has 1 aliphatic heterocycles. The second-order valence-corrected chi connectivity index (χ2v) is 6.62. The van der Waals surface area contributed by atoms with Crippen molar-refractivity contribution in [2.24, 2.45) is 0 Å². The van der Waals surface area contributed by atoms with Crippen LogP contribution in [0.4, 0.5) is 5.69 Å². The Morgan fingerprint density at radius 1 is 1.17 bits per heavy atom. The largest absolute Gasteiger partial charge is 0.323 e. The van der Waals surface area contributed by atoms with Crippen LogP contribution in [-0.2, 0) is 17.8 Å². The average Bonchev–Trinajstić information content (AvgIpc) is 2.57. The molecule has 1 atom stereocenters. The molecule has 0 aliphatic carbocycles. The second kappa shape index (κ2) is 6.91. The Hall–Kier alpha value is -1.55. The molecule has 5 heteroatoms. The van der Waals surface area contributed by atoms with E-state index in [-0.39, 0.29) is 11.9 Å². The SMILES string of the molecule is CC(C(=O)Nc1cc(Cl)ccc1Cl)N1CCc2ccccc2C1. The molecule has 2 aromatic rings. The van der Waals surface area contributed by atoms with E-state index in [0.717, 1.165) is 19.5 Å². The number of halogens is 2. The molecule has 0 spiro atoms. The van der Waals surface area contributed by atoms with Gasteiger partial charge in [-0.1, -0.05) is 47.5 Å². The zero-order valence-corrected chi connectivity index (χ0v) is 14.4. The zero-order chi connectivity index (χ0) is 16.4. The average molecular weight is 349 g/mol. The van der Waals surface area contributed by atoms with Crippen LogP contribution in [0, 0.1) is 0 Å². The number of nitrogens with one attached hydrogen (secondary N) is 1. The first kappa shape index (κ1) is 16.3. The fourth-order valence-corrected chi connectivity index (χ4v) is 3.18. The van der Waals surface area contributed by atoms with E-state index in [4.69, 9.17) is 23.2 Å². The van der Waals surface area contributed by atoms with Gasteiger partial charge in [-0.3, -0.25) is 9.69 Å². The predicted molar refractivity (Wildman–Crippen MR) is 95.1 cm³/mol. The van der Waals surface area contributed by atoms with Gasteiger partial charge in [-0.15, -0.1) is 0 Å². The van der Waals surface area contributed by atoms with Crippen molar-refractivity contribution in [2.45, 2.75) is 25.9 Å². The summed E-state index contributed by atoms with van der Waals surface area (Å²) in [4.78, 5) is 14.7. The minimum absolute atomic E-state index is 0.0754. The number of nitrogens with zero attached hydrogens (tertiary/aromatic N) is 1. The summed E-state index contributed by atoms with van der Waals surface area (Å²) in [6.45, 7) is 3.57. The highest BCUT2D eigenvalue weighted by atomic mass is 35.5. The zero-order valence-electron chi connectivity index (χ0n) is 12.9. The number of hydrogen-bond donors (Lipinski definition) is 1. The van der Waals surface area contributed by atoms with Crippen LogP contribution in [-0.4, -0.2) is 23.4 Å². The first-order valence-corrected chi connectivity index (χ1v) is 8.37. The Morgan fingerprint density at radius 3 is 2.70 bits per heavy atom. The van der Waals surface area contributed by atoms with Gasteiger partial charge in [-0.25, -0.2) is 0 Å². The molecule has 1 unspecified atom stereocenters. The van der Waals surface area contributed by atoms with E-state index < -0.39 is 0 Å². The lowest BCUT2D eigenvalue weighted by molar-refractivity contribution is -0.121. The quantitative estimate of drug-likeness (QED) is 0.892. The first-order valence-electron chi connectivity index (χ1n) is 7.61. The third kappa shape index (κ3) is 3.69. The van der Waals surface area contributed by atoms with Crippen LogP contribution in [0.5, 0.6) is 0 Å². The lowest BCUT2D eigenvalue weighted by Gasteiger charge is -2.32. The molecule has 0 saturated carbocycles. The number of carbonyl (C=O) groups is 1. The maximum atomic E-state index is 12.5. The van der Waals surface area contributed by atoms with Crippen molar-refractivity contribution in [3.63, 3.8) is 0 Å². The van der Waals surface area contributed by atoms with Gasteiger partial charge in [0.1, 0.15) is 0 Å². The van der Waals surface area contributed by atoms with Crippen LogP contribution < -0.4 is 5.32 Å². The molecule has 0 aromatic heterocycles. The molecule has 0 radical (unpaired) electrons. The number of fused-ring (bicyclic) bond motifs is 1. The van der Waals surface area contributed by atoms with Crippen molar-refractivity contribution in [2.75, 3.05) is 11.9 Å². The molecule has 3 rings (SSSR count). The highest BCUT2D eigenvalue weighted by molar-refractivity contribution is 6.35. The van der Waals surface area contributed by atoms with Gasteiger partial charge in [0, 0.05) is 18.1 Å². The molecule has 0 bridgehead atoms. The summed E-state index contributed by atoms with van der Waals surface area (Å²) in [5.41, 5.74) is 3.21. The van der Waals surface area contributed by atoms with Crippen LogP contribution in [0.2, 0.25) is 10.0 Å². The summed E-state index contributed by atoms with van der Waals surface area (Å²) in [7, 11) is 0. The van der Waals surface area contributed by atoms with Gasteiger partial charge < -0.3 is 5.32 Å². The third-order valence-corrected chi connectivity index (χ3v) is 4.84. The van der Waals surface area contributed by atoms with Gasteiger partial charge in [0.2, 0.25) is 5.91 Å². The fraction of sp³-hybridized carbons (Fsp3) is 0.278. The summed E-state index contributed by atoms with van der Waals surface area (Å²) < 4.78 is 0. The van der Waals surface area contributed by atoms with Crippen LogP contribution in [0.1, 0.15) is 18.1 Å². The standard InChI is InChI=1S/C18H18Cl2N2O/c1-12(18(23)21-17-10-15(19)6-7-16(17)20)22-9-8-13-4-2-3-5-14(13)11-22/h2-7,10,12H,8-9,11H2,1H3,(H,21,23). The van der Waals surface area contributed by atoms with E-state index in [1.54, 1.807) is 18.2 Å². The van der Waals surface area contributed by atoms with E-state index in [0.29, 0.717) is 15.7 Å². The van der Waals surface area contributed by atoms with Gasteiger partial charge in [-0.05, 0) is 42.7 Å². The van der Waals surface area contributed by atoms with E-state index in [9.17, 15) is 4.79 Å². The van der Waals surface area contributed by atoms with Gasteiger partial charge in [0.15, 0.2) is 0 Å². The maximum Gasteiger partial charge on any atom is 0.241 e. The monoisotopic (exact) mass is 348 g/mol. The van der Waals surface area contributed by atoms with E-state index >= 15 is 0 Å². The Bertz CT molecular complexity index is 733. The molecule has 1 heterocycles. The molecule has 0 fully saturated rings. The van der Waals surface area contributed by atoms with Crippen LogP contribution in [0.25, 0.3) is 0 Å². The molecular formula is C18H18Cl2N2O. The summed E-state index contributed by atoms with van der Waals surface area (Å²) >= 11 is 12.1. The Morgan fingerprint density at radius 2 is 1.91 bits per heavy atom. The summed E-state index contributed by atoms with van der Waals surface area (Å²) in [6.07, 6.45) is 0.964. The number of rotatable bonds is 3. The van der Waals surface area contributed by atoms with Crippen molar-refractivity contribution in [3.05, 3.63) is 63.6 Å². The molecule has 2 aromatic carbocycles. The van der Waals surface area contributed by atoms with Gasteiger partial charge in [0.05, 0.1) is 16.8 Å². The molecule has 1 N–H and O–H groups in total. The second-order valence-electron chi connectivity index (χ2n) is 5.78. The highest BCUT2D eigenvalue weighted by Crippen LogP contribution is 2.26. The number of hydrogen-bond acceptors (Lipinski definition) is 2. The molecule has 120 valence electrons. The first-order chi connectivity index (χ1) is 11.0. The molecular weight excluding hydrogens is 331 g/mol. The topological polar surface area (TPSA) is 32.3 Å². The van der Waals surface area contributed by atoms with Gasteiger partial charge in [0.25, 0.3) is 0 Å². The van der Waals surface area contributed by atoms with E-state index in [2.05, 4.69) is 28.4 Å². The maximum absolute atomic E-state index is 12.5. The molecule has 0 saturated heterocycles. The number of benzene rings is 2. The fourth-order valence-electron chi connectivity index (χ4n) is 2.84. The van der Waals surface area contributed by atoms with Crippen molar-refractivity contribution in [1.82, 2.24) is 4.90 Å². The molecule has 23 heavy (non-hydrogen) atoms. The Labute approximate surface area is 146 Å². The molecule has 1 amide bonds. The summed E-state index contributed by atoms with van der Waals surface area (Å²) in [5, 5.41) is 3.91. The minimum Gasteiger partial charge on any atom is -0.323 e. The normalized spacial score (nSPS) is 15.8. The van der Waals surface area contributed by atoms with Crippen molar-refractivity contribution in [3.8, 4) is 0 Å². The number of anilines is 1. The lowest BCUT2D eigenvalue weighted by Crippen LogP contribution is -2.44. The minimum atomic E-state index is -0.238. The van der Waals surface area contributed by atoms with Crippen molar-refractivity contribution in [1.29, 1.82) is 0 Å². The summed E-state index contributed by atoms with van der Waals surface area (Å²) in [5.74, 6) is -0.0754. The van der Waals surface area contributed by atoms with Crippen LogP contribution in [0.15, 0.2) is 42.5 Å². The third-order valence-electron chi connectivity index (χ3n) is 4.27. The van der Waals surface area contributed by atoms with E-state index in [1.165, 1.54) is 11.1 Å². The smallest absolute Gasteiger partial charge is 0.241 e. The lowest BCUT2D eigenvalue weighted by atomic mass is 9.99. The van der Waals surface area contributed by atoms with E-state index in [1.807, 2.05) is 13.0 Å². The molecule has 1 aliphatic rings. The van der Waals surface area contributed by atoms with Gasteiger partial charge >= 0.3 is 0 Å². The Balaban J connectivity index is 1.70. The van der Waals surface area contributed by atoms with Gasteiger partial charge in [-0.2, -0.15) is 0 Å². The predicted octanol–water partition coefficient (Wildman–Crippen LogP) is 4.38. The Kier molecular flexibility index (Phi) is 4.90. The van der Waals surface area contributed by atoms with Crippen molar-refractivity contribution < 1.29 is 4.79 Å². The summed E-state index contributed by atoms with van der Waals surface area (Å²) in [6, 6.07) is 13.2. The van der Waals surface area contributed by atoms with Crippen molar-refractivity contribution >= 4 is 34.8 Å².